The van der Waals surface area contributed by atoms with Crippen LogP contribution in [-0.2, 0) is 0 Å². The first kappa shape index (κ1) is 1.61. The van der Waals surface area contributed by atoms with Crippen molar-refractivity contribution in [3.63, 3.8) is 0 Å². The van der Waals surface area contributed by atoms with Gasteiger partial charge in [-0.2, -0.15) is 0 Å². The molecule has 0 amide bonds. The Bertz CT molecular complexity index is 59.8. The maximum atomic E-state index is 6.70. The molecule has 0 aromatic carbocycles. The van der Waals surface area contributed by atoms with E-state index in [-0.39, 0.29) is 0 Å². The Hall–Kier alpha value is 0.220. The van der Waals surface area contributed by atoms with Crippen molar-refractivity contribution >= 4 is 15.9 Å². The predicted molar refractivity (Wildman–Crippen MR) is 24.0 cm³/mol. The lowest BCUT2D eigenvalue weighted by Gasteiger charge is -1.55. The van der Waals surface area contributed by atoms with Crippen LogP contribution < -0.4 is 0 Å². The molecule has 0 aromatic heterocycles. The second kappa shape index (κ2) is 3.22. The normalized spacial score (nSPS) is 18.8. The van der Waals surface area contributed by atoms with Gasteiger partial charge in [-0.05, 0) is 0 Å². The highest BCUT2D eigenvalue weighted by atomic mass is 79.9. The topological polar surface area (TPSA) is 0 Å². The van der Waals surface area contributed by atoms with Crippen LogP contribution in [0.3, 0.4) is 0 Å². The van der Waals surface area contributed by atoms with Crippen molar-refractivity contribution in [2.24, 2.45) is 0 Å². The Kier molecular flexibility index (Phi) is 1.29. The molecule has 24 valence electrons. The average molecular weight is 123 g/mol. The van der Waals surface area contributed by atoms with Gasteiger partial charge in [0, 0.05) is 5.33 Å². The van der Waals surface area contributed by atoms with Crippen LogP contribution in [0.15, 0.2) is 12.6 Å². The zero-order chi connectivity index (χ0) is 4.99. The lowest BCUT2D eigenvalue weighted by molar-refractivity contribution is 1.87. The lowest BCUT2D eigenvalue weighted by Crippen LogP contribution is -1.43. The van der Waals surface area contributed by atoms with Crippen molar-refractivity contribution in [2.45, 2.75) is 0 Å². The fourth-order valence-corrected chi connectivity index (χ4v) is 0. The van der Waals surface area contributed by atoms with E-state index in [1.807, 2.05) is 0 Å². The average Bonchev–Trinajstić information content (AvgIpc) is 1.65. The summed E-state index contributed by atoms with van der Waals surface area (Å²) in [7, 11) is 0. The number of alkyl halides is 1. The van der Waals surface area contributed by atoms with Gasteiger partial charge in [-0.3, -0.25) is 0 Å². The summed E-state index contributed by atoms with van der Waals surface area (Å²) in [6.07, 6.45) is 0. The van der Waals surface area contributed by atoms with E-state index in [1.54, 1.807) is 0 Å². The molecule has 0 atom stereocenters. The van der Waals surface area contributed by atoms with E-state index in [0.29, 0.717) is 11.4 Å². The second-order valence-corrected chi connectivity index (χ2v) is 0.898. The lowest BCUT2D eigenvalue weighted by atomic mass is 10.8. The van der Waals surface area contributed by atoms with Gasteiger partial charge in [0.15, 0.2) is 0 Å². The van der Waals surface area contributed by atoms with Crippen LogP contribution in [0.5, 0.6) is 0 Å². The minimum absolute atomic E-state index is 0.301. The van der Waals surface area contributed by atoms with Crippen LogP contribution in [0.25, 0.3) is 0 Å². The van der Waals surface area contributed by atoms with Crippen molar-refractivity contribution in [3.05, 3.63) is 12.6 Å². The predicted octanol–water partition coefficient (Wildman–Crippen LogP) is 1.57. The fourth-order valence-electron chi connectivity index (χ4n) is 0. The quantitative estimate of drug-likeness (QED) is 0.366. The van der Waals surface area contributed by atoms with E-state index in [1.165, 1.54) is 0 Å². The monoisotopic (exact) mass is 122 g/mol. The van der Waals surface area contributed by atoms with Crippen LogP contribution in [0.2, 0.25) is 0 Å². The van der Waals surface area contributed by atoms with Crippen molar-refractivity contribution in [1.82, 2.24) is 0 Å². The number of allylic oxidation sites excluding steroid dienone is 1. The molecule has 0 aromatic rings. The molecule has 0 N–H and O–H groups in total. The molecule has 1 heteroatoms. The van der Waals surface area contributed by atoms with E-state index in [9.17, 15) is 0 Å². The third-order valence-corrected chi connectivity index (χ3v) is 0.401. The first-order chi connectivity index (χ1) is 2.81. The molecule has 0 saturated heterocycles. The van der Waals surface area contributed by atoms with Gasteiger partial charge in [0.25, 0.3) is 0 Å². The third kappa shape index (κ3) is 2.22. The van der Waals surface area contributed by atoms with Crippen LogP contribution in [0.1, 0.15) is 2.74 Å². The molecular weight excluding hydrogens is 116 g/mol. The summed E-state index contributed by atoms with van der Waals surface area (Å²) >= 11 is 3.00. The van der Waals surface area contributed by atoms with Gasteiger partial charge in [-0.15, -0.1) is 6.55 Å². The molecule has 0 nitrogen and oxygen atoms in total. The zero-order valence-electron chi connectivity index (χ0n) is 4.16. The van der Waals surface area contributed by atoms with Gasteiger partial charge in [0.2, 0.25) is 0 Å². The highest BCUT2D eigenvalue weighted by Gasteiger charge is 1.47. The maximum Gasteiger partial charge on any atom is 0.0578 e. The minimum Gasteiger partial charge on any atom is -0.102 e. The number of hydrogen-bond acceptors (Lipinski definition) is 0. The molecule has 0 aliphatic carbocycles. The van der Waals surface area contributed by atoms with Gasteiger partial charge in [0.1, 0.15) is 0 Å². The molecule has 0 radical (unpaired) electrons. The molecule has 4 heavy (non-hydrogen) atoms. The molecule has 0 rings (SSSR count). The standard InChI is InChI=1S/C3H5Br/c1-2-3-4/h2H,1,3H2/i1D,2D/b2-1+. The van der Waals surface area contributed by atoms with Crippen molar-refractivity contribution < 1.29 is 2.74 Å². The van der Waals surface area contributed by atoms with E-state index >= 15 is 0 Å². The smallest absolute Gasteiger partial charge is 0.0578 e. The molecule has 0 fully saturated rings. The largest absolute Gasteiger partial charge is 0.102 e. The fraction of sp³-hybridized carbons (Fsp3) is 0.333. The summed E-state index contributed by atoms with van der Waals surface area (Å²) in [5.41, 5.74) is 0. The highest BCUT2D eigenvalue weighted by Crippen LogP contribution is 1.73. The molecule has 0 heterocycles. The van der Waals surface area contributed by atoms with E-state index in [0.717, 1.165) is 6.55 Å². The van der Waals surface area contributed by atoms with Gasteiger partial charge < -0.3 is 0 Å². The molecule has 0 spiro atoms. The molecule has 0 saturated carbocycles. The first-order valence-corrected chi connectivity index (χ1v) is 2.03. The van der Waals surface area contributed by atoms with Gasteiger partial charge in [0.05, 0.1) is 2.74 Å². The summed E-state index contributed by atoms with van der Waals surface area (Å²) in [4.78, 5) is 0. The summed E-state index contributed by atoms with van der Waals surface area (Å²) in [5.74, 6) is 0. The van der Waals surface area contributed by atoms with E-state index in [4.69, 9.17) is 2.74 Å². The Morgan fingerprint density at radius 3 is 3.50 bits per heavy atom. The minimum atomic E-state index is 0.301. The Labute approximate surface area is 37.5 Å². The number of hydrogen-bond donors (Lipinski definition) is 0. The number of rotatable bonds is 1. The van der Waals surface area contributed by atoms with Gasteiger partial charge >= 0.3 is 0 Å². The van der Waals surface area contributed by atoms with Gasteiger partial charge in [-0.25, -0.2) is 0 Å². The highest BCUT2D eigenvalue weighted by molar-refractivity contribution is 9.09. The molecule has 0 aliphatic heterocycles. The first-order valence-electron chi connectivity index (χ1n) is 1.99. The van der Waals surface area contributed by atoms with Crippen LogP contribution in [0.4, 0.5) is 0 Å². The molecule has 0 aliphatic rings. The molecular formula is C3H5Br. The third-order valence-electron chi connectivity index (χ3n) is 0.0772. The molecule has 0 bridgehead atoms. The Morgan fingerprint density at radius 1 is 2.75 bits per heavy atom. The van der Waals surface area contributed by atoms with Crippen molar-refractivity contribution in [2.75, 3.05) is 5.33 Å². The van der Waals surface area contributed by atoms with Crippen LogP contribution in [0, 0.1) is 0 Å². The van der Waals surface area contributed by atoms with E-state index in [2.05, 4.69) is 15.9 Å². The zero-order valence-corrected chi connectivity index (χ0v) is 3.75. The Morgan fingerprint density at radius 2 is 3.50 bits per heavy atom. The van der Waals surface area contributed by atoms with Crippen molar-refractivity contribution in [1.29, 1.82) is 0 Å². The SMILES string of the molecule is [2H]/C=C(\[2H])CBr. The summed E-state index contributed by atoms with van der Waals surface area (Å²) < 4.78 is 13.1. The van der Waals surface area contributed by atoms with Crippen LogP contribution >= 0.6 is 15.9 Å². The maximum absolute atomic E-state index is 6.70. The van der Waals surface area contributed by atoms with E-state index < -0.39 is 0 Å². The second-order valence-electron chi connectivity index (χ2n) is 0.338. The Balaban J connectivity index is 3.22. The summed E-state index contributed by atoms with van der Waals surface area (Å²) in [5, 5.41) is 0.483. The van der Waals surface area contributed by atoms with Crippen molar-refractivity contribution in [3.8, 4) is 0 Å². The molecule has 0 unspecified atom stereocenters. The summed E-state index contributed by atoms with van der Waals surface area (Å²) in [6, 6.07) is 0.301. The van der Waals surface area contributed by atoms with Crippen LogP contribution in [-0.4, -0.2) is 5.33 Å². The van der Waals surface area contributed by atoms with Gasteiger partial charge in [-0.1, -0.05) is 22.0 Å². The summed E-state index contributed by atoms with van der Waals surface area (Å²) in [6.45, 7) is 1.01. The number of halogens is 1.